The second kappa shape index (κ2) is 13.1. The molecular formula is C56H36N6. The zero-order valence-electron chi connectivity index (χ0n) is 33.7. The van der Waals surface area contributed by atoms with Crippen molar-refractivity contribution in [1.29, 1.82) is 10.5 Å². The summed E-state index contributed by atoms with van der Waals surface area (Å²) < 4.78 is 9.21. The third kappa shape index (κ3) is 4.50. The lowest BCUT2D eigenvalue weighted by molar-refractivity contribution is 0.939. The normalized spacial score (nSPS) is 13.4. The molecule has 0 spiro atoms. The first kappa shape index (κ1) is 34.5. The minimum atomic E-state index is 0.428. The van der Waals surface area contributed by atoms with Crippen molar-refractivity contribution in [3.05, 3.63) is 191 Å². The lowest BCUT2D eigenvalue weighted by Gasteiger charge is -2.28. The molecule has 13 rings (SSSR count). The molecule has 7 aromatic carbocycles. The van der Waals surface area contributed by atoms with Crippen LogP contribution in [0, 0.1) is 22.7 Å². The van der Waals surface area contributed by atoms with Crippen molar-refractivity contribution >= 4 is 77.6 Å². The number of nitriles is 2. The maximum Gasteiger partial charge on any atom is 0.104 e. The third-order valence-corrected chi connectivity index (χ3v) is 13.4. The second-order valence-corrected chi connectivity index (χ2v) is 16.4. The first-order chi connectivity index (χ1) is 30.8. The van der Waals surface area contributed by atoms with Gasteiger partial charge in [0.15, 0.2) is 0 Å². The van der Waals surface area contributed by atoms with Gasteiger partial charge >= 0.3 is 0 Å². The molecule has 0 atom stereocenters. The second-order valence-electron chi connectivity index (χ2n) is 16.4. The Hall–Kier alpha value is -8.32. The van der Waals surface area contributed by atoms with Crippen molar-refractivity contribution in [3.63, 3.8) is 0 Å². The highest BCUT2D eigenvalue weighted by Crippen LogP contribution is 2.49. The predicted octanol–water partition coefficient (Wildman–Crippen LogP) is 13.4. The molecule has 0 bridgehead atoms. The van der Waals surface area contributed by atoms with E-state index in [1.165, 1.54) is 21.9 Å². The predicted molar refractivity (Wildman–Crippen MR) is 253 cm³/mol. The van der Waals surface area contributed by atoms with E-state index < -0.39 is 0 Å². The highest BCUT2D eigenvalue weighted by atomic mass is 15.1. The van der Waals surface area contributed by atoms with Gasteiger partial charge in [-0.1, -0.05) is 121 Å². The summed E-state index contributed by atoms with van der Waals surface area (Å²) in [6.45, 7) is 0. The first-order valence-corrected chi connectivity index (χ1v) is 21.4. The van der Waals surface area contributed by atoms with Gasteiger partial charge in [-0.25, -0.2) is 0 Å². The molecule has 6 heteroatoms. The van der Waals surface area contributed by atoms with Gasteiger partial charge in [-0.05, 0) is 85.4 Å². The van der Waals surface area contributed by atoms with Gasteiger partial charge in [0.1, 0.15) is 23.3 Å². The summed E-state index contributed by atoms with van der Waals surface area (Å²) >= 11 is 0. The Labute approximate surface area is 356 Å². The highest BCUT2D eigenvalue weighted by molar-refractivity contribution is 6.12. The van der Waals surface area contributed by atoms with Gasteiger partial charge in [-0.15, -0.1) is 0 Å². The molecule has 0 saturated carbocycles. The average Bonchev–Trinajstić information content (AvgIpc) is 4.06. The lowest BCUT2D eigenvalue weighted by atomic mass is 9.97. The smallest absolute Gasteiger partial charge is 0.104 e. The number of para-hydroxylation sites is 6. The molecule has 4 heterocycles. The largest absolute Gasteiger partial charge is 0.306 e. The molecule has 2 aliphatic carbocycles. The van der Waals surface area contributed by atoms with Gasteiger partial charge in [0.25, 0.3) is 0 Å². The lowest BCUT2D eigenvalue weighted by Crippen LogP contribution is -2.18. The Kier molecular flexibility index (Phi) is 7.29. The average molecular weight is 793 g/mol. The van der Waals surface area contributed by atoms with E-state index in [0.29, 0.717) is 16.8 Å². The molecule has 0 saturated heterocycles. The van der Waals surface area contributed by atoms with E-state index in [2.05, 4.69) is 188 Å². The summed E-state index contributed by atoms with van der Waals surface area (Å²) in [6.07, 6.45) is 12.6. The molecule has 0 fully saturated rings. The summed E-state index contributed by atoms with van der Waals surface area (Å²) in [5.74, 6) is 0. The minimum Gasteiger partial charge on any atom is -0.306 e. The van der Waals surface area contributed by atoms with Crippen LogP contribution in [0.4, 0.5) is 0 Å². The van der Waals surface area contributed by atoms with E-state index in [-0.39, 0.29) is 0 Å². The zero-order chi connectivity index (χ0) is 41.1. The Morgan fingerprint density at radius 1 is 0.339 bits per heavy atom. The number of allylic oxidation sites excluding steroid dienone is 2. The fourth-order valence-corrected chi connectivity index (χ4v) is 11.0. The molecule has 0 amide bonds. The van der Waals surface area contributed by atoms with E-state index >= 15 is 0 Å². The molecule has 62 heavy (non-hydrogen) atoms. The first-order valence-electron chi connectivity index (χ1n) is 21.4. The Bertz CT molecular complexity index is 3650. The van der Waals surface area contributed by atoms with Crippen molar-refractivity contribution in [2.24, 2.45) is 0 Å². The summed E-state index contributed by atoms with van der Waals surface area (Å²) in [5, 5.41) is 30.9. The number of rotatable bonds is 4. The highest BCUT2D eigenvalue weighted by Gasteiger charge is 2.35. The van der Waals surface area contributed by atoms with Crippen molar-refractivity contribution in [2.75, 3.05) is 0 Å². The van der Waals surface area contributed by atoms with Gasteiger partial charge in [-0.3, -0.25) is 0 Å². The van der Waals surface area contributed by atoms with E-state index in [4.69, 9.17) is 0 Å². The van der Waals surface area contributed by atoms with Crippen molar-refractivity contribution in [3.8, 4) is 34.9 Å². The number of fused-ring (bicyclic) bond motifs is 12. The summed E-state index contributed by atoms with van der Waals surface area (Å²) in [6, 6.07) is 56.7. The monoisotopic (exact) mass is 792 g/mol. The van der Waals surface area contributed by atoms with Gasteiger partial charge in [-0.2, -0.15) is 10.5 Å². The summed E-state index contributed by atoms with van der Waals surface area (Å²) in [7, 11) is 0. The van der Waals surface area contributed by atoms with Crippen LogP contribution in [0.25, 0.3) is 100 Å². The van der Waals surface area contributed by atoms with Crippen molar-refractivity contribution in [1.82, 2.24) is 18.3 Å². The van der Waals surface area contributed by atoms with Crippen LogP contribution in [-0.2, 0) is 12.8 Å². The topological polar surface area (TPSA) is 67.3 Å². The van der Waals surface area contributed by atoms with Gasteiger partial charge in [0, 0.05) is 43.7 Å². The molecular weight excluding hydrogens is 757 g/mol. The zero-order valence-corrected chi connectivity index (χ0v) is 33.7. The van der Waals surface area contributed by atoms with Crippen LogP contribution in [0.1, 0.15) is 46.5 Å². The number of nitrogens with zero attached hydrogens (tertiary/aromatic N) is 6. The Balaban J connectivity index is 1.38. The molecule has 6 nitrogen and oxygen atoms in total. The van der Waals surface area contributed by atoms with E-state index in [1.54, 1.807) is 0 Å². The van der Waals surface area contributed by atoms with Crippen LogP contribution in [0.2, 0.25) is 0 Å². The SMILES string of the molecule is N#Cc1c(-n2c3c(c4ccccc42)CCC=C3)c(-n2c3ccccc3c3ccccc32)c(-n2c3c(c4ccccc42)CCC=C3)c(C#N)c1-n1c2ccccc2c2ccccc21. The standard InChI is InChI=1S/C56H36N6/c57-33-43-53(59-45-25-9-1-17-35(45)36-18-2-10-26-46(36)59)44(34-58)55(61-49-29-13-5-21-39(49)40-22-6-14-30-50(40)61)56(62-51-31-15-7-23-41(51)42-24-8-16-32-52(42)62)54(43)60-47-27-11-3-19-37(47)38-20-4-12-28-48(38)60/h1-3,5,7-19,21,23-32H,4,6,20,22H2. The van der Waals surface area contributed by atoms with Crippen LogP contribution >= 0.6 is 0 Å². The Morgan fingerprint density at radius 3 is 1.00 bits per heavy atom. The fourth-order valence-electron chi connectivity index (χ4n) is 11.0. The number of hydrogen-bond donors (Lipinski definition) is 0. The summed E-state index contributed by atoms with van der Waals surface area (Å²) in [4.78, 5) is 0. The maximum absolute atomic E-state index is 12.1. The number of aromatic nitrogens is 4. The van der Waals surface area contributed by atoms with E-state index in [9.17, 15) is 10.5 Å². The number of hydrogen-bond acceptors (Lipinski definition) is 2. The molecule has 2 aliphatic rings. The van der Waals surface area contributed by atoms with E-state index in [1.807, 2.05) is 12.1 Å². The minimum absolute atomic E-state index is 0.428. The number of aryl methyl sites for hydroxylation is 2. The third-order valence-electron chi connectivity index (χ3n) is 13.4. The van der Waals surface area contributed by atoms with Gasteiger partial charge in [0.05, 0.1) is 55.8 Å². The molecule has 4 aromatic heterocycles. The van der Waals surface area contributed by atoms with Gasteiger partial charge < -0.3 is 18.3 Å². The molecule has 290 valence electrons. The number of benzene rings is 7. The van der Waals surface area contributed by atoms with Crippen LogP contribution in [0.3, 0.4) is 0 Å². The van der Waals surface area contributed by atoms with Crippen LogP contribution < -0.4 is 0 Å². The molecule has 0 aliphatic heterocycles. The molecule has 0 unspecified atom stereocenters. The Morgan fingerprint density at radius 2 is 0.645 bits per heavy atom. The summed E-state index contributed by atoms with van der Waals surface area (Å²) in [5.41, 5.74) is 14.2. The maximum atomic E-state index is 12.1. The van der Waals surface area contributed by atoms with E-state index in [0.717, 1.165) is 109 Å². The van der Waals surface area contributed by atoms with Gasteiger partial charge in [0.2, 0.25) is 0 Å². The van der Waals surface area contributed by atoms with Crippen LogP contribution in [0.15, 0.2) is 158 Å². The van der Waals surface area contributed by atoms with Crippen LogP contribution in [-0.4, -0.2) is 18.3 Å². The fraction of sp³-hybridized carbons (Fsp3) is 0.0714. The van der Waals surface area contributed by atoms with Crippen molar-refractivity contribution in [2.45, 2.75) is 25.7 Å². The molecule has 0 radical (unpaired) electrons. The molecule has 11 aromatic rings. The van der Waals surface area contributed by atoms with Crippen LogP contribution in [0.5, 0.6) is 0 Å². The quantitative estimate of drug-likeness (QED) is 0.178. The molecule has 0 N–H and O–H groups in total. The van der Waals surface area contributed by atoms with Crippen molar-refractivity contribution < 1.29 is 0 Å².